The van der Waals surface area contributed by atoms with Crippen LogP contribution in [0, 0.1) is 5.92 Å². The molecule has 5 heteroatoms. The molecule has 1 saturated carbocycles. The lowest BCUT2D eigenvalue weighted by atomic mass is 10.0. The second-order valence-corrected chi connectivity index (χ2v) is 7.43. The molecule has 0 aromatic carbocycles. The summed E-state index contributed by atoms with van der Waals surface area (Å²) in [7, 11) is 0. The molecule has 0 N–H and O–H groups in total. The van der Waals surface area contributed by atoms with Crippen LogP contribution in [-0.4, -0.2) is 38.9 Å². The number of carbonyl (C=O) groups excluding carboxylic acids is 1. The van der Waals surface area contributed by atoms with Crippen molar-refractivity contribution in [3.8, 4) is 0 Å². The summed E-state index contributed by atoms with van der Waals surface area (Å²) in [6.07, 6.45) is 11.1. The SMILES string of the molecule is CC[C@H](C)CC(=O)N1CCC(n2cc(C3CCCC3)nn2)CC1. The first kappa shape index (κ1) is 16.5. The number of hydrogen-bond acceptors (Lipinski definition) is 3. The van der Waals surface area contributed by atoms with Crippen LogP contribution in [0.25, 0.3) is 0 Å². The van der Waals surface area contributed by atoms with E-state index in [9.17, 15) is 4.79 Å². The summed E-state index contributed by atoms with van der Waals surface area (Å²) in [5, 5.41) is 8.79. The molecule has 5 nitrogen and oxygen atoms in total. The van der Waals surface area contributed by atoms with Crippen LogP contribution in [0.3, 0.4) is 0 Å². The average Bonchev–Trinajstić information content (AvgIpc) is 3.25. The first-order chi connectivity index (χ1) is 11.2. The summed E-state index contributed by atoms with van der Waals surface area (Å²) in [5.74, 6) is 1.44. The molecule has 1 saturated heterocycles. The lowest BCUT2D eigenvalue weighted by molar-refractivity contribution is -0.133. The maximum atomic E-state index is 12.3. The molecule has 0 spiro atoms. The summed E-state index contributed by atoms with van der Waals surface area (Å²) in [6.45, 7) is 6.03. The minimum atomic E-state index is 0.322. The van der Waals surface area contributed by atoms with Gasteiger partial charge in [-0.3, -0.25) is 4.79 Å². The van der Waals surface area contributed by atoms with Gasteiger partial charge in [0.05, 0.1) is 11.7 Å². The Morgan fingerprint density at radius 3 is 2.61 bits per heavy atom. The number of carbonyl (C=O) groups is 1. The van der Waals surface area contributed by atoms with E-state index in [0.717, 1.165) is 32.4 Å². The van der Waals surface area contributed by atoms with Gasteiger partial charge in [0, 0.05) is 31.6 Å². The Kier molecular flexibility index (Phi) is 5.34. The second kappa shape index (κ2) is 7.45. The fourth-order valence-corrected chi connectivity index (χ4v) is 3.83. The van der Waals surface area contributed by atoms with Crippen molar-refractivity contribution in [1.82, 2.24) is 19.9 Å². The highest BCUT2D eigenvalue weighted by atomic mass is 16.2. The molecule has 1 amide bonds. The molecule has 1 aliphatic carbocycles. The van der Waals surface area contributed by atoms with E-state index < -0.39 is 0 Å². The fourth-order valence-electron chi connectivity index (χ4n) is 3.83. The Hall–Kier alpha value is -1.39. The molecule has 0 unspecified atom stereocenters. The lowest BCUT2D eigenvalue weighted by Crippen LogP contribution is -2.39. The second-order valence-electron chi connectivity index (χ2n) is 7.43. The van der Waals surface area contributed by atoms with Crippen molar-refractivity contribution >= 4 is 5.91 Å². The largest absolute Gasteiger partial charge is 0.343 e. The molecule has 0 radical (unpaired) electrons. The van der Waals surface area contributed by atoms with Gasteiger partial charge in [-0.1, -0.05) is 38.3 Å². The van der Waals surface area contributed by atoms with E-state index in [0.29, 0.717) is 30.2 Å². The number of hydrogen-bond donors (Lipinski definition) is 0. The third-order valence-corrected chi connectivity index (χ3v) is 5.71. The third kappa shape index (κ3) is 3.93. The number of piperidine rings is 1. The molecule has 2 heterocycles. The van der Waals surface area contributed by atoms with E-state index in [1.807, 2.05) is 4.90 Å². The zero-order valence-electron chi connectivity index (χ0n) is 14.6. The quantitative estimate of drug-likeness (QED) is 0.834. The van der Waals surface area contributed by atoms with Crippen molar-refractivity contribution in [3.63, 3.8) is 0 Å². The summed E-state index contributed by atoms with van der Waals surface area (Å²) in [6, 6.07) is 0.408. The molecule has 0 bridgehead atoms. The van der Waals surface area contributed by atoms with E-state index in [1.165, 1.54) is 31.4 Å². The van der Waals surface area contributed by atoms with Gasteiger partial charge in [-0.25, -0.2) is 4.68 Å². The van der Waals surface area contributed by atoms with Crippen LogP contribution in [0.4, 0.5) is 0 Å². The van der Waals surface area contributed by atoms with Crippen LogP contribution >= 0.6 is 0 Å². The highest BCUT2D eigenvalue weighted by Crippen LogP contribution is 2.33. The summed E-state index contributed by atoms with van der Waals surface area (Å²) < 4.78 is 2.06. The minimum Gasteiger partial charge on any atom is -0.343 e. The van der Waals surface area contributed by atoms with Gasteiger partial charge < -0.3 is 4.90 Å². The Labute approximate surface area is 139 Å². The van der Waals surface area contributed by atoms with Crippen LogP contribution in [0.5, 0.6) is 0 Å². The molecule has 128 valence electrons. The molecular formula is C18H30N4O. The van der Waals surface area contributed by atoms with E-state index in [1.54, 1.807) is 0 Å². The van der Waals surface area contributed by atoms with Crippen molar-refractivity contribution in [2.75, 3.05) is 13.1 Å². The molecule has 1 atom stereocenters. The highest BCUT2D eigenvalue weighted by Gasteiger charge is 2.26. The van der Waals surface area contributed by atoms with Crippen molar-refractivity contribution in [2.45, 2.75) is 77.2 Å². The molecular weight excluding hydrogens is 288 g/mol. The summed E-state index contributed by atoms with van der Waals surface area (Å²) >= 11 is 0. The monoisotopic (exact) mass is 318 g/mol. The normalized spacial score (nSPS) is 21.7. The van der Waals surface area contributed by atoms with Crippen molar-refractivity contribution < 1.29 is 4.79 Å². The summed E-state index contributed by atoms with van der Waals surface area (Å²) in [4.78, 5) is 14.3. The first-order valence-corrected chi connectivity index (χ1v) is 9.37. The predicted octanol–water partition coefficient (Wildman–Crippen LogP) is 3.54. The zero-order valence-corrected chi connectivity index (χ0v) is 14.6. The van der Waals surface area contributed by atoms with Gasteiger partial charge in [-0.15, -0.1) is 5.10 Å². The number of aromatic nitrogens is 3. The Morgan fingerprint density at radius 1 is 1.26 bits per heavy atom. The van der Waals surface area contributed by atoms with E-state index >= 15 is 0 Å². The van der Waals surface area contributed by atoms with E-state index in [2.05, 4.69) is 35.0 Å². The Morgan fingerprint density at radius 2 is 1.96 bits per heavy atom. The molecule has 1 aromatic rings. The van der Waals surface area contributed by atoms with Gasteiger partial charge in [0.2, 0.25) is 5.91 Å². The van der Waals surface area contributed by atoms with Gasteiger partial charge in [0.15, 0.2) is 0 Å². The van der Waals surface area contributed by atoms with Crippen LogP contribution in [0.2, 0.25) is 0 Å². The van der Waals surface area contributed by atoms with Crippen LogP contribution in [0.15, 0.2) is 6.20 Å². The Balaban J connectivity index is 1.51. The Bertz CT molecular complexity index is 513. The maximum Gasteiger partial charge on any atom is 0.222 e. The topological polar surface area (TPSA) is 51.0 Å². The average molecular weight is 318 g/mol. The molecule has 3 rings (SSSR count). The van der Waals surface area contributed by atoms with Gasteiger partial charge >= 0.3 is 0 Å². The molecule has 2 aliphatic rings. The van der Waals surface area contributed by atoms with Crippen LogP contribution < -0.4 is 0 Å². The molecule has 1 aliphatic heterocycles. The number of nitrogens with zero attached hydrogens (tertiary/aromatic N) is 4. The van der Waals surface area contributed by atoms with Gasteiger partial charge in [-0.05, 0) is 31.6 Å². The lowest BCUT2D eigenvalue weighted by Gasteiger charge is -2.32. The highest BCUT2D eigenvalue weighted by molar-refractivity contribution is 5.76. The minimum absolute atomic E-state index is 0.322. The van der Waals surface area contributed by atoms with Gasteiger partial charge in [0.1, 0.15) is 0 Å². The molecule has 23 heavy (non-hydrogen) atoms. The third-order valence-electron chi connectivity index (χ3n) is 5.71. The van der Waals surface area contributed by atoms with Crippen molar-refractivity contribution in [3.05, 3.63) is 11.9 Å². The molecule has 2 fully saturated rings. The van der Waals surface area contributed by atoms with E-state index in [-0.39, 0.29) is 0 Å². The van der Waals surface area contributed by atoms with Gasteiger partial charge in [0.25, 0.3) is 0 Å². The fraction of sp³-hybridized carbons (Fsp3) is 0.833. The maximum absolute atomic E-state index is 12.3. The van der Waals surface area contributed by atoms with Crippen molar-refractivity contribution in [1.29, 1.82) is 0 Å². The standard InChI is InChI=1S/C18H30N4O/c1-3-14(2)12-18(23)21-10-8-16(9-11-21)22-13-17(19-20-22)15-6-4-5-7-15/h13-16H,3-12H2,1-2H3/t14-/m0/s1. The number of rotatable bonds is 5. The first-order valence-electron chi connectivity index (χ1n) is 9.37. The number of amides is 1. The zero-order chi connectivity index (χ0) is 16.2. The smallest absolute Gasteiger partial charge is 0.222 e. The van der Waals surface area contributed by atoms with E-state index in [4.69, 9.17) is 0 Å². The summed E-state index contributed by atoms with van der Waals surface area (Å²) in [5.41, 5.74) is 1.18. The van der Waals surface area contributed by atoms with Crippen LogP contribution in [-0.2, 0) is 4.79 Å². The van der Waals surface area contributed by atoms with Crippen molar-refractivity contribution in [2.24, 2.45) is 5.92 Å². The predicted molar refractivity (Wildman–Crippen MR) is 90.2 cm³/mol. The van der Waals surface area contributed by atoms with Gasteiger partial charge in [-0.2, -0.15) is 0 Å². The molecule has 1 aromatic heterocycles. The van der Waals surface area contributed by atoms with Crippen LogP contribution in [0.1, 0.15) is 82.9 Å². The number of likely N-dealkylation sites (tertiary alicyclic amines) is 1.